The zero-order valence-corrected chi connectivity index (χ0v) is 16.1. The van der Waals surface area contributed by atoms with Crippen LogP contribution >= 0.6 is 8.20 Å². The van der Waals surface area contributed by atoms with Crippen molar-refractivity contribution in [2.75, 3.05) is 25.2 Å². The molecular formula is C21H22FN4P. The van der Waals surface area contributed by atoms with E-state index in [1.54, 1.807) is 6.08 Å². The van der Waals surface area contributed by atoms with Crippen molar-refractivity contribution in [3.63, 3.8) is 0 Å². The van der Waals surface area contributed by atoms with Gasteiger partial charge in [0.05, 0.1) is 12.0 Å². The molecule has 0 radical (unpaired) electrons. The van der Waals surface area contributed by atoms with Crippen molar-refractivity contribution in [3.05, 3.63) is 60.0 Å². The number of fused-ring (bicyclic) bond motifs is 1. The molecule has 0 aromatic carbocycles. The Hall–Kier alpha value is -2.65. The lowest BCUT2D eigenvalue weighted by molar-refractivity contribution is 0.402. The zero-order chi connectivity index (χ0) is 18.8. The third kappa shape index (κ3) is 3.60. The molecule has 0 unspecified atom stereocenters. The van der Waals surface area contributed by atoms with E-state index >= 15 is 0 Å². The van der Waals surface area contributed by atoms with Crippen molar-refractivity contribution in [2.24, 2.45) is 0 Å². The Balaban J connectivity index is 1.84. The maximum atomic E-state index is 13.6. The lowest BCUT2D eigenvalue weighted by atomic mass is 9.94. The number of aromatic amines is 1. The minimum absolute atomic E-state index is 0.404. The van der Waals surface area contributed by atoms with E-state index in [1.165, 1.54) is 0 Å². The molecule has 4 rings (SSSR count). The van der Waals surface area contributed by atoms with Gasteiger partial charge >= 0.3 is 0 Å². The van der Waals surface area contributed by atoms with Crippen LogP contribution < -0.4 is 5.32 Å². The van der Waals surface area contributed by atoms with Crippen molar-refractivity contribution >= 4 is 42.5 Å². The molecule has 0 saturated heterocycles. The first-order valence-electron chi connectivity index (χ1n) is 8.96. The van der Waals surface area contributed by atoms with Gasteiger partial charge < -0.3 is 15.2 Å². The molecule has 6 heteroatoms. The van der Waals surface area contributed by atoms with Gasteiger partial charge in [-0.2, -0.15) is 0 Å². The smallest absolute Gasteiger partial charge is 0.140 e. The molecule has 2 aromatic rings. The molecule has 3 heterocycles. The molecule has 0 saturated carbocycles. The van der Waals surface area contributed by atoms with Gasteiger partial charge in [-0.3, -0.25) is 0 Å². The molecule has 0 spiro atoms. The van der Waals surface area contributed by atoms with E-state index in [-0.39, 0.29) is 0 Å². The number of rotatable bonds is 5. The number of H-pyrrole nitrogens is 1. The van der Waals surface area contributed by atoms with Crippen molar-refractivity contribution in [1.29, 1.82) is 0 Å². The van der Waals surface area contributed by atoms with Crippen molar-refractivity contribution in [2.45, 2.75) is 12.6 Å². The average molecular weight is 380 g/mol. The minimum atomic E-state index is -0.903. The Morgan fingerprint density at radius 1 is 1.33 bits per heavy atom. The SMILES string of the molecule is C=PCNc1ccc2c(C3=CCN(C)C=C3)c(C3=CC[C@H](F)C=C3)[nH]c2n1. The van der Waals surface area contributed by atoms with Crippen LogP contribution in [0.1, 0.15) is 17.7 Å². The Labute approximate surface area is 160 Å². The lowest BCUT2D eigenvalue weighted by Crippen LogP contribution is -2.13. The summed E-state index contributed by atoms with van der Waals surface area (Å²) in [6, 6.07) is 4.09. The number of hydrogen-bond acceptors (Lipinski definition) is 3. The summed E-state index contributed by atoms with van der Waals surface area (Å²) < 4.78 is 13.6. The highest BCUT2D eigenvalue weighted by molar-refractivity contribution is 7.36. The van der Waals surface area contributed by atoms with Gasteiger partial charge in [-0.15, -0.1) is 0 Å². The Kier molecular flexibility index (Phi) is 4.95. The molecule has 2 aliphatic rings. The summed E-state index contributed by atoms with van der Waals surface area (Å²) in [6.45, 7) is 0.856. The predicted octanol–water partition coefficient (Wildman–Crippen LogP) is 4.83. The van der Waals surface area contributed by atoms with Crippen molar-refractivity contribution in [3.8, 4) is 0 Å². The van der Waals surface area contributed by atoms with Crippen LogP contribution in [0.3, 0.4) is 0 Å². The molecule has 0 amide bonds. The fraction of sp³-hybridized carbons (Fsp3) is 0.238. The average Bonchev–Trinajstić information content (AvgIpc) is 3.06. The number of nitrogens with one attached hydrogen (secondary N) is 2. The Bertz CT molecular complexity index is 999. The standard InChI is InChI=1S/C21H22FN4P/c1-26-11-9-14(10-12-26)19-17-7-8-18(23-13-27-2)24-21(17)25-20(19)15-3-5-16(22)6-4-15/h3-5,7-11,16H,2,6,12-13H2,1H3,(H2,23,24,25)/t16-/m1/s1. The van der Waals surface area contributed by atoms with E-state index in [4.69, 9.17) is 4.98 Å². The molecule has 0 bridgehead atoms. The number of likely N-dealkylation sites (N-methyl/N-ethyl adjacent to an activating group) is 1. The van der Waals surface area contributed by atoms with Crippen LogP contribution in [0.2, 0.25) is 0 Å². The quantitative estimate of drug-likeness (QED) is 0.730. The number of allylic oxidation sites excluding steroid dienone is 6. The molecular weight excluding hydrogens is 358 g/mol. The minimum Gasteiger partial charge on any atom is -0.377 e. The maximum Gasteiger partial charge on any atom is 0.140 e. The molecule has 4 nitrogen and oxygen atoms in total. The van der Waals surface area contributed by atoms with Crippen molar-refractivity contribution < 1.29 is 4.39 Å². The van der Waals surface area contributed by atoms with Gasteiger partial charge in [0.2, 0.25) is 0 Å². The Morgan fingerprint density at radius 2 is 2.22 bits per heavy atom. The monoisotopic (exact) mass is 380 g/mol. The highest BCUT2D eigenvalue weighted by Gasteiger charge is 2.20. The normalized spacial score (nSPS) is 19.5. The summed E-state index contributed by atoms with van der Waals surface area (Å²) in [5.41, 5.74) is 5.11. The third-order valence-electron chi connectivity index (χ3n) is 4.76. The van der Waals surface area contributed by atoms with E-state index in [1.807, 2.05) is 18.2 Å². The second-order valence-electron chi connectivity index (χ2n) is 6.71. The highest BCUT2D eigenvalue weighted by atomic mass is 31.1. The van der Waals surface area contributed by atoms with Gasteiger partial charge in [0.25, 0.3) is 0 Å². The maximum absolute atomic E-state index is 13.6. The van der Waals surface area contributed by atoms with Gasteiger partial charge in [-0.05, 0) is 41.6 Å². The third-order valence-corrected chi connectivity index (χ3v) is 5.14. The molecule has 2 aromatic heterocycles. The predicted molar refractivity (Wildman–Crippen MR) is 115 cm³/mol. The molecule has 1 atom stereocenters. The first-order valence-corrected chi connectivity index (χ1v) is 10.2. The summed E-state index contributed by atoms with van der Waals surface area (Å²) in [6.07, 6.45) is 15.9. The molecule has 0 fully saturated rings. The van der Waals surface area contributed by atoms with Gasteiger partial charge in [0, 0.05) is 31.0 Å². The fourth-order valence-electron chi connectivity index (χ4n) is 3.37. The number of pyridine rings is 1. The van der Waals surface area contributed by atoms with Gasteiger partial charge in [-0.1, -0.05) is 32.7 Å². The number of halogens is 1. The summed E-state index contributed by atoms with van der Waals surface area (Å²) in [5.74, 6) is 0.822. The summed E-state index contributed by atoms with van der Waals surface area (Å²) >= 11 is 0. The van der Waals surface area contributed by atoms with Crippen LogP contribution in [0.15, 0.2) is 48.7 Å². The molecule has 138 valence electrons. The largest absolute Gasteiger partial charge is 0.377 e. The first-order chi connectivity index (χ1) is 13.2. The van der Waals surface area contributed by atoms with Gasteiger partial charge in [-0.25, -0.2) is 9.37 Å². The van der Waals surface area contributed by atoms with Crippen LogP contribution in [0, 0.1) is 0 Å². The van der Waals surface area contributed by atoms with Crippen LogP contribution in [0.4, 0.5) is 10.2 Å². The van der Waals surface area contributed by atoms with E-state index in [2.05, 4.69) is 53.0 Å². The van der Waals surface area contributed by atoms with Crippen LogP contribution in [0.25, 0.3) is 22.2 Å². The number of aromatic nitrogens is 2. The van der Waals surface area contributed by atoms with E-state index in [0.29, 0.717) is 6.42 Å². The zero-order valence-electron chi connectivity index (χ0n) is 15.2. The number of hydrogen-bond donors (Lipinski definition) is 2. The Morgan fingerprint density at radius 3 is 2.93 bits per heavy atom. The number of nitrogens with zero attached hydrogens (tertiary/aromatic N) is 2. The second kappa shape index (κ2) is 7.53. The highest BCUT2D eigenvalue weighted by Crippen LogP contribution is 2.36. The summed E-state index contributed by atoms with van der Waals surface area (Å²) in [4.78, 5) is 10.3. The molecule has 1 aliphatic carbocycles. The van der Waals surface area contributed by atoms with Crippen LogP contribution in [-0.4, -0.2) is 47.2 Å². The van der Waals surface area contributed by atoms with Crippen LogP contribution in [-0.2, 0) is 0 Å². The van der Waals surface area contributed by atoms with E-state index in [9.17, 15) is 4.39 Å². The van der Waals surface area contributed by atoms with E-state index < -0.39 is 6.17 Å². The summed E-state index contributed by atoms with van der Waals surface area (Å²) in [7, 11) is 3.07. The molecule has 2 N–H and O–H groups in total. The van der Waals surface area contributed by atoms with Gasteiger partial charge in [0.1, 0.15) is 17.6 Å². The summed E-state index contributed by atoms with van der Waals surface area (Å²) in [5, 5.41) is 4.34. The molecule has 27 heavy (non-hydrogen) atoms. The topological polar surface area (TPSA) is 44.0 Å². The lowest BCUT2D eigenvalue weighted by Gasteiger charge is -2.18. The number of anilines is 1. The fourth-order valence-corrected chi connectivity index (χ4v) is 3.64. The second-order valence-corrected chi connectivity index (χ2v) is 7.47. The van der Waals surface area contributed by atoms with E-state index in [0.717, 1.165) is 60.3 Å². The number of alkyl halides is 1. The van der Waals surface area contributed by atoms with Crippen LogP contribution in [0.5, 0.6) is 0 Å². The van der Waals surface area contributed by atoms with Crippen molar-refractivity contribution in [1.82, 2.24) is 14.9 Å². The van der Waals surface area contributed by atoms with Gasteiger partial charge in [0.15, 0.2) is 0 Å². The molecule has 1 aliphatic heterocycles. The first kappa shape index (κ1) is 17.7.